The number of rotatable bonds is 3. The van der Waals surface area contributed by atoms with Crippen LogP contribution in [0.15, 0.2) is 51.8 Å². The summed E-state index contributed by atoms with van der Waals surface area (Å²) in [6.45, 7) is 5.29. The Morgan fingerprint density at radius 2 is 1.65 bits per heavy atom. The molecule has 0 aromatic heterocycles. The first-order chi connectivity index (χ1) is 12.3. The van der Waals surface area contributed by atoms with Gasteiger partial charge in [0.15, 0.2) is 0 Å². The minimum Gasteiger partial charge on any atom is -0.336 e. The third-order valence-electron chi connectivity index (χ3n) is 4.79. The summed E-state index contributed by atoms with van der Waals surface area (Å²) in [5, 5.41) is 0. The number of halogens is 1. The van der Waals surface area contributed by atoms with Crippen LogP contribution in [0.2, 0.25) is 0 Å². The molecule has 0 aliphatic carbocycles. The largest absolute Gasteiger partial charge is 0.336 e. The predicted octanol–water partition coefficient (Wildman–Crippen LogP) is 3.21. The lowest BCUT2D eigenvalue weighted by Crippen LogP contribution is -2.50. The lowest BCUT2D eigenvalue weighted by molar-refractivity contribution is 0.0697. The Kier molecular flexibility index (Phi) is 5.50. The first-order valence-corrected chi connectivity index (χ1v) is 10.7. The van der Waals surface area contributed by atoms with Crippen molar-refractivity contribution in [3.8, 4) is 0 Å². The van der Waals surface area contributed by atoms with Crippen LogP contribution in [0.1, 0.15) is 21.5 Å². The van der Waals surface area contributed by atoms with E-state index in [1.807, 2.05) is 32.0 Å². The highest BCUT2D eigenvalue weighted by molar-refractivity contribution is 9.10. The summed E-state index contributed by atoms with van der Waals surface area (Å²) < 4.78 is 27.7. The molecule has 2 aromatic rings. The van der Waals surface area contributed by atoms with Gasteiger partial charge in [-0.1, -0.05) is 34.1 Å². The number of sulfonamides is 1. The van der Waals surface area contributed by atoms with Crippen molar-refractivity contribution in [1.82, 2.24) is 9.21 Å². The fourth-order valence-electron chi connectivity index (χ4n) is 3.06. The summed E-state index contributed by atoms with van der Waals surface area (Å²) in [6.07, 6.45) is 0. The van der Waals surface area contributed by atoms with Crippen molar-refractivity contribution < 1.29 is 13.2 Å². The molecule has 0 bridgehead atoms. The van der Waals surface area contributed by atoms with Crippen molar-refractivity contribution >= 4 is 31.9 Å². The van der Waals surface area contributed by atoms with E-state index in [1.165, 1.54) is 4.31 Å². The number of carbonyl (C=O) groups is 1. The molecule has 26 heavy (non-hydrogen) atoms. The van der Waals surface area contributed by atoms with E-state index >= 15 is 0 Å². The zero-order valence-corrected chi connectivity index (χ0v) is 17.2. The Balaban J connectivity index is 1.73. The van der Waals surface area contributed by atoms with Crippen LogP contribution in [-0.4, -0.2) is 49.7 Å². The number of hydrogen-bond donors (Lipinski definition) is 0. The van der Waals surface area contributed by atoms with Gasteiger partial charge in [-0.3, -0.25) is 4.79 Å². The van der Waals surface area contributed by atoms with Crippen molar-refractivity contribution in [3.05, 3.63) is 63.6 Å². The van der Waals surface area contributed by atoms with E-state index in [2.05, 4.69) is 15.9 Å². The summed E-state index contributed by atoms with van der Waals surface area (Å²) in [7, 11) is -3.55. The van der Waals surface area contributed by atoms with Crippen LogP contribution in [0.4, 0.5) is 0 Å². The van der Waals surface area contributed by atoms with E-state index in [9.17, 15) is 13.2 Å². The van der Waals surface area contributed by atoms with Crippen LogP contribution >= 0.6 is 15.9 Å². The summed E-state index contributed by atoms with van der Waals surface area (Å²) >= 11 is 3.31. The molecule has 0 N–H and O–H groups in total. The van der Waals surface area contributed by atoms with Gasteiger partial charge in [-0.15, -0.1) is 0 Å². The molecule has 2 aromatic carbocycles. The minimum atomic E-state index is -3.55. The molecule has 3 rings (SSSR count). The highest BCUT2D eigenvalue weighted by Crippen LogP contribution is 2.22. The number of amides is 1. The van der Waals surface area contributed by atoms with Crippen molar-refractivity contribution in [2.45, 2.75) is 18.7 Å². The summed E-state index contributed by atoms with van der Waals surface area (Å²) in [6, 6.07) is 12.4. The summed E-state index contributed by atoms with van der Waals surface area (Å²) in [5.74, 6) is -0.0364. The Morgan fingerprint density at radius 1 is 1.00 bits per heavy atom. The maximum Gasteiger partial charge on any atom is 0.254 e. The average molecular weight is 437 g/mol. The Labute approximate surface area is 162 Å². The number of aryl methyl sites for hydroxylation is 1. The van der Waals surface area contributed by atoms with Gasteiger partial charge in [-0.2, -0.15) is 4.31 Å². The van der Waals surface area contributed by atoms with Gasteiger partial charge < -0.3 is 4.90 Å². The second kappa shape index (κ2) is 7.50. The molecule has 7 heteroatoms. The maximum atomic E-state index is 12.8. The van der Waals surface area contributed by atoms with Crippen molar-refractivity contribution in [2.24, 2.45) is 0 Å². The number of benzene rings is 2. The van der Waals surface area contributed by atoms with Gasteiger partial charge in [0.05, 0.1) is 4.90 Å². The van der Waals surface area contributed by atoms with Gasteiger partial charge in [-0.25, -0.2) is 8.42 Å². The smallest absolute Gasteiger partial charge is 0.254 e. The second-order valence-electron chi connectivity index (χ2n) is 6.40. The number of carbonyl (C=O) groups excluding carboxylic acids is 1. The van der Waals surface area contributed by atoms with Crippen LogP contribution < -0.4 is 0 Å². The molecule has 1 aliphatic rings. The summed E-state index contributed by atoms with van der Waals surface area (Å²) in [5.41, 5.74) is 2.74. The van der Waals surface area contributed by atoms with Crippen molar-refractivity contribution in [1.29, 1.82) is 0 Å². The van der Waals surface area contributed by atoms with Gasteiger partial charge in [0, 0.05) is 36.2 Å². The molecule has 138 valence electrons. The molecule has 0 saturated carbocycles. The molecule has 0 radical (unpaired) electrons. The minimum absolute atomic E-state index is 0.0364. The van der Waals surface area contributed by atoms with E-state index in [-0.39, 0.29) is 10.8 Å². The van der Waals surface area contributed by atoms with Crippen LogP contribution in [0, 0.1) is 13.8 Å². The number of hydrogen-bond acceptors (Lipinski definition) is 3. The zero-order chi connectivity index (χ0) is 18.9. The van der Waals surface area contributed by atoms with Gasteiger partial charge in [0.25, 0.3) is 5.91 Å². The number of nitrogens with zero attached hydrogens (tertiary/aromatic N) is 2. The second-order valence-corrected chi connectivity index (χ2v) is 9.25. The molecule has 1 fully saturated rings. The Morgan fingerprint density at radius 3 is 2.31 bits per heavy atom. The average Bonchev–Trinajstić information content (AvgIpc) is 2.63. The van der Waals surface area contributed by atoms with E-state index < -0.39 is 10.0 Å². The Hall–Kier alpha value is -1.70. The third-order valence-corrected chi connectivity index (χ3v) is 7.18. The highest BCUT2D eigenvalue weighted by Gasteiger charge is 2.30. The Bertz CT molecular complexity index is 936. The van der Waals surface area contributed by atoms with Crippen LogP contribution in [0.3, 0.4) is 0 Å². The van der Waals surface area contributed by atoms with E-state index in [0.717, 1.165) is 15.6 Å². The SMILES string of the molecule is Cc1cccc(C(=O)N2CCN(S(=O)(=O)c3cccc(Br)c3)CC2)c1C. The van der Waals surface area contributed by atoms with Crippen LogP contribution in [0.25, 0.3) is 0 Å². The number of piperazine rings is 1. The van der Waals surface area contributed by atoms with E-state index in [1.54, 1.807) is 29.2 Å². The fourth-order valence-corrected chi connectivity index (χ4v) is 5.08. The third kappa shape index (κ3) is 3.70. The molecule has 1 saturated heterocycles. The van der Waals surface area contributed by atoms with Crippen LogP contribution in [0.5, 0.6) is 0 Å². The zero-order valence-electron chi connectivity index (χ0n) is 14.8. The molecule has 1 heterocycles. The molecule has 0 spiro atoms. The first-order valence-electron chi connectivity index (χ1n) is 8.42. The van der Waals surface area contributed by atoms with Gasteiger partial charge in [-0.05, 0) is 49.2 Å². The van der Waals surface area contributed by atoms with Crippen molar-refractivity contribution in [3.63, 3.8) is 0 Å². The molecule has 0 unspecified atom stereocenters. The fraction of sp³-hybridized carbons (Fsp3) is 0.316. The lowest BCUT2D eigenvalue weighted by atomic mass is 10.0. The molecular weight excluding hydrogens is 416 g/mol. The van der Waals surface area contributed by atoms with Crippen LogP contribution in [-0.2, 0) is 10.0 Å². The van der Waals surface area contributed by atoms with Gasteiger partial charge in [0.1, 0.15) is 0 Å². The lowest BCUT2D eigenvalue weighted by Gasteiger charge is -2.34. The normalized spacial score (nSPS) is 15.9. The molecule has 5 nitrogen and oxygen atoms in total. The monoisotopic (exact) mass is 436 g/mol. The molecule has 1 aliphatic heterocycles. The standard InChI is InChI=1S/C19H21BrN2O3S/c1-14-5-3-8-18(15(14)2)19(23)21-9-11-22(12-10-21)26(24,25)17-7-4-6-16(20)13-17/h3-8,13H,9-12H2,1-2H3. The summed E-state index contributed by atoms with van der Waals surface area (Å²) in [4.78, 5) is 14.8. The first kappa shape index (κ1) is 19.1. The quantitative estimate of drug-likeness (QED) is 0.741. The predicted molar refractivity (Wildman–Crippen MR) is 105 cm³/mol. The van der Waals surface area contributed by atoms with Gasteiger partial charge >= 0.3 is 0 Å². The van der Waals surface area contributed by atoms with E-state index in [0.29, 0.717) is 31.7 Å². The molecule has 1 amide bonds. The van der Waals surface area contributed by atoms with Gasteiger partial charge in [0.2, 0.25) is 10.0 Å². The van der Waals surface area contributed by atoms with Crippen molar-refractivity contribution in [2.75, 3.05) is 26.2 Å². The van der Waals surface area contributed by atoms with E-state index in [4.69, 9.17) is 0 Å². The molecule has 0 atom stereocenters. The highest BCUT2D eigenvalue weighted by atomic mass is 79.9. The molecular formula is C19H21BrN2O3S. The topological polar surface area (TPSA) is 57.7 Å². The maximum absolute atomic E-state index is 12.8.